The zero-order valence-electron chi connectivity index (χ0n) is 20.1. The first-order valence-electron chi connectivity index (χ1n) is 10.5. The van der Waals surface area contributed by atoms with Gasteiger partial charge in [-0.3, -0.25) is 4.79 Å². The normalized spacial score (nSPS) is 10.5. The van der Waals surface area contributed by atoms with Gasteiger partial charge in [0.15, 0.2) is 0 Å². The molecule has 2 rings (SSSR count). The van der Waals surface area contributed by atoms with Gasteiger partial charge in [-0.25, -0.2) is 0 Å². The van der Waals surface area contributed by atoms with E-state index in [1.807, 2.05) is 110 Å². The summed E-state index contributed by atoms with van der Waals surface area (Å²) in [6, 6.07) is 17.2. The van der Waals surface area contributed by atoms with E-state index in [-0.39, 0.29) is 24.5 Å². The number of carbonyl (C=O) groups is 1. The lowest BCUT2D eigenvalue weighted by Crippen LogP contribution is -2.23. The first kappa shape index (κ1) is 30.4. The fourth-order valence-corrected chi connectivity index (χ4v) is 2.17. The molecule has 4 nitrogen and oxygen atoms in total. The van der Waals surface area contributed by atoms with Gasteiger partial charge in [0, 0.05) is 11.8 Å². The highest BCUT2D eigenvalue weighted by Crippen LogP contribution is 2.21. The molecule has 0 unspecified atom stereocenters. The Balaban J connectivity index is 0. The van der Waals surface area contributed by atoms with Crippen LogP contribution in [0.2, 0.25) is 0 Å². The van der Waals surface area contributed by atoms with Gasteiger partial charge in [-0.1, -0.05) is 51.6 Å². The molecule has 1 amide bonds. The number of hydrogen-bond donors (Lipinski definition) is 1. The van der Waals surface area contributed by atoms with Gasteiger partial charge in [-0.2, -0.15) is 0 Å². The molecule has 4 heteroatoms. The summed E-state index contributed by atoms with van der Waals surface area (Å²) in [4.78, 5) is 11.4. The molecule has 2 aromatic rings. The van der Waals surface area contributed by atoms with E-state index in [2.05, 4.69) is 5.32 Å². The summed E-state index contributed by atoms with van der Waals surface area (Å²) in [5, 5.41) is 2.76. The van der Waals surface area contributed by atoms with E-state index >= 15 is 0 Å². The van der Waals surface area contributed by atoms with Crippen molar-refractivity contribution in [1.29, 1.82) is 0 Å². The predicted molar refractivity (Wildman–Crippen MR) is 135 cm³/mol. The average molecular weight is 430 g/mol. The largest absolute Gasteiger partial charge is 0.488 e. The van der Waals surface area contributed by atoms with Crippen LogP contribution in [-0.2, 0) is 4.79 Å². The van der Waals surface area contributed by atoms with E-state index in [4.69, 9.17) is 9.47 Å². The van der Waals surface area contributed by atoms with Gasteiger partial charge < -0.3 is 14.8 Å². The lowest BCUT2D eigenvalue weighted by molar-refractivity contribution is -0.111. The maximum Gasteiger partial charge on any atom is 0.248 e. The second-order valence-electron chi connectivity index (χ2n) is 8.26. The van der Waals surface area contributed by atoms with E-state index in [0.717, 1.165) is 17.2 Å². The van der Waals surface area contributed by atoms with Crippen LogP contribution < -0.4 is 14.8 Å². The Morgan fingerprint density at radius 2 is 1.29 bits per heavy atom. The third-order valence-corrected chi connectivity index (χ3v) is 3.01. The topological polar surface area (TPSA) is 47.6 Å². The van der Waals surface area contributed by atoms with Crippen LogP contribution in [-0.4, -0.2) is 17.1 Å². The molecule has 31 heavy (non-hydrogen) atoms. The molecule has 2 aromatic carbocycles. The van der Waals surface area contributed by atoms with Crippen LogP contribution in [0.1, 0.15) is 69.7 Å². The number of ether oxygens (including phenoxy) is 2. The number of carbonyl (C=O) groups excluding carboxylic acids is 1. The maximum absolute atomic E-state index is 11.4. The molecule has 0 fully saturated rings. The third-order valence-electron chi connectivity index (χ3n) is 3.01. The van der Waals surface area contributed by atoms with Crippen LogP contribution in [0.15, 0.2) is 66.7 Å². The fraction of sp³-hybridized carbons (Fsp3) is 0.444. The molecule has 0 saturated carbocycles. The SMILES string of the molecule is C.C/C=C/C(=O)Nc1cccc(OC(C)(C)C)c1.CC.CC(C)(C)Oc1ccccc1. The van der Waals surface area contributed by atoms with Crippen molar-refractivity contribution in [3.8, 4) is 11.5 Å². The van der Waals surface area contributed by atoms with Crippen molar-refractivity contribution in [3.05, 3.63) is 66.7 Å². The standard InChI is InChI=1S/C14H19NO2.C10H14O.C2H6.CH4/c1-5-7-13(16)15-11-8-6-9-12(10-11)17-14(2,3)4;1-10(2,3)11-9-7-5-4-6-8-9;1-2;/h5-10H,1-4H3,(H,15,16);4-8H,1-3H3;1-2H3;1H4/b7-5+;;;. The van der Waals surface area contributed by atoms with E-state index in [1.54, 1.807) is 13.0 Å². The Morgan fingerprint density at radius 3 is 1.77 bits per heavy atom. The molecule has 0 aliphatic heterocycles. The molecule has 0 radical (unpaired) electrons. The summed E-state index contributed by atoms with van der Waals surface area (Å²) in [7, 11) is 0. The highest BCUT2D eigenvalue weighted by atomic mass is 16.5. The van der Waals surface area contributed by atoms with Gasteiger partial charge in [0.2, 0.25) is 5.91 Å². The molecule has 174 valence electrons. The van der Waals surface area contributed by atoms with Crippen molar-refractivity contribution >= 4 is 11.6 Å². The molecule has 1 N–H and O–H groups in total. The highest BCUT2D eigenvalue weighted by molar-refractivity contribution is 5.99. The second kappa shape index (κ2) is 15.1. The minimum absolute atomic E-state index is 0. The molecular formula is C27H43NO3. The first-order valence-corrected chi connectivity index (χ1v) is 10.5. The van der Waals surface area contributed by atoms with Gasteiger partial charge in [0.25, 0.3) is 0 Å². The van der Waals surface area contributed by atoms with Gasteiger partial charge in [0.1, 0.15) is 22.7 Å². The minimum atomic E-state index is -0.244. The van der Waals surface area contributed by atoms with E-state index < -0.39 is 0 Å². The van der Waals surface area contributed by atoms with E-state index in [9.17, 15) is 4.79 Å². The highest BCUT2D eigenvalue weighted by Gasteiger charge is 2.12. The van der Waals surface area contributed by atoms with Crippen molar-refractivity contribution in [2.45, 2.75) is 80.9 Å². The van der Waals surface area contributed by atoms with Gasteiger partial charge in [0.05, 0.1) is 0 Å². The van der Waals surface area contributed by atoms with Gasteiger partial charge in [-0.15, -0.1) is 0 Å². The molecular weight excluding hydrogens is 386 g/mol. The van der Waals surface area contributed by atoms with Crippen LogP contribution in [0.5, 0.6) is 11.5 Å². The zero-order chi connectivity index (χ0) is 23.2. The Hall–Kier alpha value is -2.75. The van der Waals surface area contributed by atoms with E-state index in [0.29, 0.717) is 0 Å². The molecule has 0 aliphatic rings. The van der Waals surface area contributed by atoms with Crippen LogP contribution >= 0.6 is 0 Å². The number of hydrogen-bond acceptors (Lipinski definition) is 3. The Bertz CT molecular complexity index is 754. The van der Waals surface area contributed by atoms with Crippen molar-refractivity contribution in [1.82, 2.24) is 0 Å². The number of allylic oxidation sites excluding steroid dienone is 1. The summed E-state index contributed by atoms with van der Waals surface area (Å²) in [5.41, 5.74) is 0.391. The molecule has 0 aliphatic carbocycles. The predicted octanol–water partition coefficient (Wildman–Crippen LogP) is 7.90. The van der Waals surface area contributed by atoms with Crippen molar-refractivity contribution in [2.75, 3.05) is 5.32 Å². The molecule has 0 saturated heterocycles. The quantitative estimate of drug-likeness (QED) is 0.502. The van der Waals surface area contributed by atoms with Gasteiger partial charge in [-0.05, 0) is 78.8 Å². The van der Waals surface area contributed by atoms with Crippen molar-refractivity contribution in [3.63, 3.8) is 0 Å². The summed E-state index contributed by atoms with van der Waals surface area (Å²) >= 11 is 0. The molecule has 0 heterocycles. The summed E-state index contributed by atoms with van der Waals surface area (Å²) in [5.74, 6) is 1.54. The number of benzene rings is 2. The Labute approximate surface area is 190 Å². The summed E-state index contributed by atoms with van der Waals surface area (Å²) in [6.07, 6.45) is 3.18. The van der Waals surface area contributed by atoms with Crippen LogP contribution in [0.25, 0.3) is 0 Å². The number of nitrogens with one attached hydrogen (secondary N) is 1. The van der Waals surface area contributed by atoms with E-state index in [1.165, 1.54) is 6.08 Å². The average Bonchev–Trinajstić information content (AvgIpc) is 2.62. The molecule has 0 bridgehead atoms. The summed E-state index contributed by atoms with van der Waals surface area (Å²) in [6.45, 7) is 17.9. The van der Waals surface area contributed by atoms with Gasteiger partial charge >= 0.3 is 0 Å². The second-order valence-corrected chi connectivity index (χ2v) is 8.26. The Kier molecular flexibility index (Phi) is 14.8. The van der Waals surface area contributed by atoms with Crippen LogP contribution in [0, 0.1) is 0 Å². The lowest BCUT2D eigenvalue weighted by atomic mass is 10.2. The zero-order valence-corrected chi connectivity index (χ0v) is 20.1. The maximum atomic E-state index is 11.4. The number of anilines is 1. The number of amides is 1. The smallest absolute Gasteiger partial charge is 0.248 e. The monoisotopic (exact) mass is 429 g/mol. The van der Waals surface area contributed by atoms with Crippen molar-refractivity contribution in [2.24, 2.45) is 0 Å². The molecule has 0 atom stereocenters. The van der Waals surface area contributed by atoms with Crippen LogP contribution in [0.3, 0.4) is 0 Å². The Morgan fingerprint density at radius 1 is 0.806 bits per heavy atom. The minimum Gasteiger partial charge on any atom is -0.488 e. The van der Waals surface area contributed by atoms with Crippen molar-refractivity contribution < 1.29 is 14.3 Å². The number of para-hydroxylation sites is 1. The number of rotatable bonds is 4. The first-order chi connectivity index (χ1) is 14.0. The van der Waals surface area contributed by atoms with Crippen LogP contribution in [0.4, 0.5) is 5.69 Å². The molecule has 0 aromatic heterocycles. The summed E-state index contributed by atoms with van der Waals surface area (Å²) < 4.78 is 11.3. The third kappa shape index (κ3) is 16.7. The fourth-order valence-electron chi connectivity index (χ4n) is 2.17. The molecule has 0 spiro atoms. The lowest BCUT2D eigenvalue weighted by Gasteiger charge is -2.21.